The monoisotopic (exact) mass is 323 g/mol. The van der Waals surface area contributed by atoms with Crippen molar-refractivity contribution in [3.63, 3.8) is 0 Å². The molecule has 0 saturated heterocycles. The largest absolute Gasteiger partial charge is 0.368 e. The van der Waals surface area contributed by atoms with Crippen LogP contribution in [-0.4, -0.2) is 19.5 Å². The van der Waals surface area contributed by atoms with Crippen LogP contribution in [0.4, 0.5) is 0 Å². The summed E-state index contributed by atoms with van der Waals surface area (Å²) in [5.74, 6) is 1.29. The molecule has 0 amide bonds. The Balaban J connectivity index is 2.59. The maximum Gasteiger partial charge on any atom is 0.151 e. The molecule has 24 heavy (non-hydrogen) atoms. The van der Waals surface area contributed by atoms with E-state index in [9.17, 15) is 0 Å². The van der Waals surface area contributed by atoms with E-state index >= 15 is 0 Å². The minimum Gasteiger partial charge on any atom is -0.368 e. The van der Waals surface area contributed by atoms with Gasteiger partial charge in [0.25, 0.3) is 0 Å². The van der Waals surface area contributed by atoms with Crippen molar-refractivity contribution in [2.24, 2.45) is 9.98 Å². The highest BCUT2D eigenvalue weighted by molar-refractivity contribution is 5.56. The number of benzene rings is 1. The summed E-state index contributed by atoms with van der Waals surface area (Å²) in [6.45, 7) is 14.4. The third-order valence-electron chi connectivity index (χ3n) is 3.78. The molecule has 0 aliphatic rings. The number of hydrogen-bond donors (Lipinski definition) is 1. The molecule has 0 heterocycles. The maximum atomic E-state index is 4.36. The number of aryl methyl sites for hydroxylation is 1. The van der Waals surface area contributed by atoms with Crippen molar-refractivity contribution in [2.45, 2.75) is 39.5 Å². The van der Waals surface area contributed by atoms with Gasteiger partial charge in [0.05, 0.1) is 0 Å². The van der Waals surface area contributed by atoms with Gasteiger partial charge in [0, 0.05) is 12.8 Å². The Morgan fingerprint density at radius 2 is 2.17 bits per heavy atom. The first-order chi connectivity index (χ1) is 11.6. The Kier molecular flexibility index (Phi) is 9.13. The number of aliphatic imine (C=N–C) groups is 2. The lowest BCUT2D eigenvalue weighted by atomic mass is 9.95. The summed E-state index contributed by atoms with van der Waals surface area (Å²) in [4.78, 5) is 8.39. The fourth-order valence-electron chi connectivity index (χ4n) is 2.46. The number of rotatable bonds is 10. The van der Waals surface area contributed by atoms with Gasteiger partial charge in [0.2, 0.25) is 0 Å². The second kappa shape index (κ2) is 11.2. The van der Waals surface area contributed by atoms with E-state index in [4.69, 9.17) is 0 Å². The molecule has 1 aromatic rings. The SMILES string of the molecule is C=C/C=C/C(N=C)=C(/N=C\C)NCCCC(C)c1cccc(C)c1. The zero-order valence-corrected chi connectivity index (χ0v) is 15.1. The van der Waals surface area contributed by atoms with Gasteiger partial charge >= 0.3 is 0 Å². The highest BCUT2D eigenvalue weighted by Gasteiger charge is 2.06. The van der Waals surface area contributed by atoms with Gasteiger partial charge in [-0.15, -0.1) is 0 Å². The van der Waals surface area contributed by atoms with Crippen LogP contribution in [0.2, 0.25) is 0 Å². The van der Waals surface area contributed by atoms with Crippen LogP contribution in [0.3, 0.4) is 0 Å². The van der Waals surface area contributed by atoms with Crippen LogP contribution in [0.5, 0.6) is 0 Å². The molecule has 0 fully saturated rings. The fraction of sp³-hybridized carbons (Fsp3) is 0.333. The van der Waals surface area contributed by atoms with Crippen molar-refractivity contribution < 1.29 is 0 Å². The number of allylic oxidation sites excluding steroid dienone is 3. The van der Waals surface area contributed by atoms with Gasteiger partial charge in [-0.2, -0.15) is 0 Å². The third kappa shape index (κ3) is 6.78. The van der Waals surface area contributed by atoms with E-state index in [0.717, 1.165) is 30.9 Å². The lowest BCUT2D eigenvalue weighted by Crippen LogP contribution is -2.15. The summed E-state index contributed by atoms with van der Waals surface area (Å²) < 4.78 is 0. The second-order valence-electron chi connectivity index (χ2n) is 5.76. The van der Waals surface area contributed by atoms with Gasteiger partial charge in [-0.25, -0.2) is 4.99 Å². The van der Waals surface area contributed by atoms with E-state index in [1.807, 2.05) is 19.1 Å². The first-order valence-corrected chi connectivity index (χ1v) is 8.41. The van der Waals surface area contributed by atoms with E-state index in [-0.39, 0.29) is 0 Å². The minimum atomic E-state index is 0.548. The number of hydrogen-bond acceptors (Lipinski definition) is 3. The topological polar surface area (TPSA) is 36.8 Å². The van der Waals surface area contributed by atoms with Gasteiger partial charge < -0.3 is 5.32 Å². The lowest BCUT2D eigenvalue weighted by molar-refractivity contribution is 0.606. The van der Waals surface area contributed by atoms with E-state index in [2.05, 4.69) is 66.7 Å². The molecule has 0 radical (unpaired) electrons. The number of nitrogens with zero attached hydrogens (tertiary/aromatic N) is 2. The third-order valence-corrected chi connectivity index (χ3v) is 3.78. The molecule has 1 rings (SSSR count). The predicted molar refractivity (Wildman–Crippen MR) is 107 cm³/mol. The Morgan fingerprint density at radius 3 is 2.79 bits per heavy atom. The molecule has 0 saturated carbocycles. The van der Waals surface area contributed by atoms with Crippen molar-refractivity contribution in [2.75, 3.05) is 6.54 Å². The van der Waals surface area contributed by atoms with Gasteiger partial charge in [-0.3, -0.25) is 4.99 Å². The normalized spacial score (nSPS) is 13.8. The van der Waals surface area contributed by atoms with E-state index in [1.165, 1.54) is 11.1 Å². The Bertz CT molecular complexity index is 624. The molecule has 3 nitrogen and oxygen atoms in total. The molecule has 0 spiro atoms. The zero-order chi connectivity index (χ0) is 17.8. The summed E-state index contributed by atoms with van der Waals surface area (Å²) in [6, 6.07) is 8.74. The Labute approximate surface area is 146 Å². The van der Waals surface area contributed by atoms with Crippen molar-refractivity contribution in [1.29, 1.82) is 0 Å². The highest BCUT2D eigenvalue weighted by Crippen LogP contribution is 2.21. The molecule has 0 aliphatic carbocycles. The van der Waals surface area contributed by atoms with Crippen molar-refractivity contribution in [3.05, 3.63) is 71.7 Å². The molecule has 3 heteroatoms. The summed E-state index contributed by atoms with van der Waals surface area (Å²) >= 11 is 0. The van der Waals surface area contributed by atoms with Crippen LogP contribution in [0.25, 0.3) is 0 Å². The average molecular weight is 323 g/mol. The van der Waals surface area contributed by atoms with Crippen molar-refractivity contribution in [3.8, 4) is 0 Å². The lowest BCUT2D eigenvalue weighted by Gasteiger charge is -2.14. The summed E-state index contributed by atoms with van der Waals surface area (Å²) in [7, 11) is 0. The second-order valence-corrected chi connectivity index (χ2v) is 5.76. The zero-order valence-electron chi connectivity index (χ0n) is 15.1. The van der Waals surface area contributed by atoms with Gasteiger partial charge in [-0.05, 0) is 51.0 Å². The first kappa shape index (κ1) is 19.6. The summed E-state index contributed by atoms with van der Waals surface area (Å²) in [6.07, 6.45) is 9.33. The molecule has 1 N–H and O–H groups in total. The fourth-order valence-corrected chi connectivity index (χ4v) is 2.46. The quantitative estimate of drug-likeness (QED) is 0.360. The van der Waals surface area contributed by atoms with Crippen LogP contribution in [0, 0.1) is 6.92 Å². The molecule has 1 unspecified atom stereocenters. The number of nitrogens with one attached hydrogen (secondary N) is 1. The van der Waals surface area contributed by atoms with Gasteiger partial charge in [-0.1, -0.05) is 55.5 Å². The van der Waals surface area contributed by atoms with Crippen LogP contribution in [-0.2, 0) is 0 Å². The highest BCUT2D eigenvalue weighted by atomic mass is 15.0. The van der Waals surface area contributed by atoms with Crippen molar-refractivity contribution in [1.82, 2.24) is 5.32 Å². The van der Waals surface area contributed by atoms with Gasteiger partial charge in [0.15, 0.2) is 5.82 Å². The summed E-state index contributed by atoms with van der Waals surface area (Å²) in [5, 5.41) is 3.36. The average Bonchev–Trinajstić information content (AvgIpc) is 2.58. The standard InChI is InChI=1S/C21H29N3/c1-6-8-14-20(22-5)21(23-7-2)24-15-10-12-18(4)19-13-9-11-17(3)16-19/h6-9,11,13-14,16,18,24H,1,5,10,12,15H2,2-4H3/b14-8+,21-20+,23-7-. The first-order valence-electron chi connectivity index (χ1n) is 8.41. The Hall–Kier alpha value is -2.42. The molecular weight excluding hydrogens is 294 g/mol. The van der Waals surface area contributed by atoms with E-state index in [1.54, 1.807) is 12.3 Å². The van der Waals surface area contributed by atoms with Crippen LogP contribution in [0.15, 0.2) is 70.6 Å². The van der Waals surface area contributed by atoms with Gasteiger partial charge in [0.1, 0.15) is 5.70 Å². The van der Waals surface area contributed by atoms with Crippen LogP contribution < -0.4 is 5.32 Å². The summed E-state index contributed by atoms with van der Waals surface area (Å²) in [5.41, 5.74) is 3.44. The minimum absolute atomic E-state index is 0.548. The Morgan fingerprint density at radius 1 is 1.38 bits per heavy atom. The van der Waals surface area contributed by atoms with Crippen LogP contribution >= 0.6 is 0 Å². The molecule has 0 aromatic heterocycles. The van der Waals surface area contributed by atoms with Crippen LogP contribution in [0.1, 0.15) is 43.7 Å². The van der Waals surface area contributed by atoms with E-state index < -0.39 is 0 Å². The smallest absolute Gasteiger partial charge is 0.151 e. The van der Waals surface area contributed by atoms with Crippen molar-refractivity contribution >= 4 is 12.9 Å². The molecule has 128 valence electrons. The molecular formula is C21H29N3. The molecule has 0 bridgehead atoms. The molecule has 1 atom stereocenters. The maximum absolute atomic E-state index is 4.36. The molecule has 0 aliphatic heterocycles. The molecule has 1 aromatic carbocycles. The van der Waals surface area contributed by atoms with E-state index in [0.29, 0.717) is 5.92 Å². The predicted octanol–water partition coefficient (Wildman–Crippen LogP) is 5.17.